The van der Waals surface area contributed by atoms with Gasteiger partial charge in [0.2, 0.25) is 17.5 Å². The van der Waals surface area contributed by atoms with Crippen molar-refractivity contribution in [3.8, 4) is 17.1 Å². The lowest BCUT2D eigenvalue weighted by molar-refractivity contribution is 0.0532. The number of furan rings is 1. The minimum Gasteiger partial charge on any atom is -0.475 e. The van der Waals surface area contributed by atoms with Crippen LogP contribution in [-0.2, 0) is 21.3 Å². The van der Waals surface area contributed by atoms with Gasteiger partial charge in [-0.15, -0.1) is 0 Å². The molecule has 1 N–H and O–H groups in total. The van der Waals surface area contributed by atoms with Crippen LogP contribution in [0.15, 0.2) is 70.1 Å². The van der Waals surface area contributed by atoms with E-state index in [9.17, 15) is 13.2 Å². The molecule has 0 aliphatic carbocycles. The van der Waals surface area contributed by atoms with Crippen LogP contribution in [0.2, 0.25) is 0 Å². The Morgan fingerprint density at radius 1 is 0.980 bits per heavy atom. The van der Waals surface area contributed by atoms with Gasteiger partial charge in [0, 0.05) is 42.4 Å². The number of hydrogen-bond acceptors (Lipinski definition) is 10. The van der Waals surface area contributed by atoms with E-state index in [0.717, 1.165) is 41.7 Å². The number of amides is 1. The molecule has 2 atom stereocenters. The van der Waals surface area contributed by atoms with Crippen LogP contribution < -0.4 is 9.46 Å². The van der Waals surface area contributed by atoms with E-state index in [1.165, 1.54) is 12.1 Å². The van der Waals surface area contributed by atoms with Crippen LogP contribution in [0.3, 0.4) is 0 Å². The summed E-state index contributed by atoms with van der Waals surface area (Å²) in [4.78, 5) is 34.8. The third kappa shape index (κ3) is 7.59. The summed E-state index contributed by atoms with van der Waals surface area (Å²) >= 11 is 0. The zero-order valence-corrected chi connectivity index (χ0v) is 30.1. The normalized spacial score (nSPS) is 19.4. The number of rotatable bonds is 6. The van der Waals surface area contributed by atoms with Gasteiger partial charge in [-0.1, -0.05) is 38.1 Å². The summed E-state index contributed by atoms with van der Waals surface area (Å²) in [6, 6.07) is 15.1. The molecule has 0 radical (unpaired) electrons. The van der Waals surface area contributed by atoms with E-state index in [4.69, 9.17) is 18.9 Å². The Balaban J connectivity index is 1.35. The molecule has 0 saturated carbocycles. The van der Waals surface area contributed by atoms with Gasteiger partial charge < -0.3 is 18.8 Å². The first kappa shape index (κ1) is 34.6. The summed E-state index contributed by atoms with van der Waals surface area (Å²) in [5, 5.41) is 0. The lowest BCUT2D eigenvalue weighted by Crippen LogP contribution is -2.44. The van der Waals surface area contributed by atoms with E-state index in [2.05, 4.69) is 19.7 Å². The lowest BCUT2D eigenvalue weighted by atomic mass is 9.92. The first-order chi connectivity index (χ1) is 24.5. The molecule has 1 unspecified atom stereocenters. The van der Waals surface area contributed by atoms with E-state index in [1.54, 1.807) is 29.3 Å². The minimum atomic E-state index is -4.20. The molecular weight excluding hydrogens is 669 g/mol. The van der Waals surface area contributed by atoms with Gasteiger partial charge in [-0.05, 0) is 74.8 Å². The highest BCUT2D eigenvalue weighted by Crippen LogP contribution is 2.32. The number of nitrogens with zero attached hydrogens (tertiary/aromatic N) is 5. The Bertz CT molecular complexity index is 2160. The summed E-state index contributed by atoms with van der Waals surface area (Å²) < 4.78 is 48.2. The Morgan fingerprint density at radius 2 is 1.78 bits per heavy atom. The summed E-state index contributed by atoms with van der Waals surface area (Å²) in [7, 11) is -4.20. The molecule has 1 amide bonds. The number of anilines is 1. The number of nitrogens with one attached hydrogen (secondary N) is 1. The van der Waals surface area contributed by atoms with Gasteiger partial charge in [-0.2, -0.15) is 4.98 Å². The molecule has 12 nitrogen and oxygen atoms in total. The van der Waals surface area contributed by atoms with Crippen molar-refractivity contribution in [3.05, 3.63) is 88.9 Å². The van der Waals surface area contributed by atoms with Crippen molar-refractivity contribution < 1.29 is 27.1 Å². The van der Waals surface area contributed by atoms with E-state index in [0.29, 0.717) is 42.3 Å². The van der Waals surface area contributed by atoms with Crippen molar-refractivity contribution in [2.24, 2.45) is 5.92 Å². The van der Waals surface area contributed by atoms with Gasteiger partial charge in [-0.25, -0.2) is 28.1 Å². The summed E-state index contributed by atoms with van der Waals surface area (Å²) in [5.74, 6) is 0.913. The number of aryl methyl sites for hydroxylation is 2. The molecular formula is C38H42N6O6S. The molecule has 2 aliphatic heterocycles. The minimum absolute atomic E-state index is 0.0885. The molecule has 3 aromatic heterocycles. The molecule has 266 valence electrons. The molecule has 1 saturated heterocycles. The Morgan fingerprint density at radius 3 is 2.59 bits per heavy atom. The second kappa shape index (κ2) is 14.4. The number of hydrogen-bond donors (Lipinski definition) is 1. The zero-order valence-electron chi connectivity index (χ0n) is 29.3. The second-order valence-electron chi connectivity index (χ2n) is 13.7. The molecule has 5 heterocycles. The van der Waals surface area contributed by atoms with Gasteiger partial charge >= 0.3 is 0 Å². The lowest BCUT2D eigenvalue weighted by Gasteiger charge is -2.34. The van der Waals surface area contributed by atoms with Crippen molar-refractivity contribution in [3.63, 3.8) is 0 Å². The quantitative estimate of drug-likeness (QED) is 0.199. The van der Waals surface area contributed by atoms with E-state index in [1.807, 2.05) is 52.0 Å². The zero-order chi connectivity index (χ0) is 35.7. The van der Waals surface area contributed by atoms with E-state index < -0.39 is 16.1 Å². The molecule has 2 aromatic carbocycles. The van der Waals surface area contributed by atoms with Crippen LogP contribution in [-0.4, -0.2) is 65.0 Å². The maximum Gasteiger partial charge on any atom is 0.264 e. The fraction of sp³-hybridized carbons (Fsp3) is 0.395. The average molecular weight is 711 g/mol. The molecule has 7 rings (SSSR count). The summed E-state index contributed by atoms with van der Waals surface area (Å²) in [5.41, 5.74) is 5.15. The van der Waals surface area contributed by atoms with Crippen LogP contribution in [0.5, 0.6) is 5.88 Å². The number of carbonyl (C=O) groups excluding carboxylic acids is 1. The van der Waals surface area contributed by atoms with Gasteiger partial charge in [-0.3, -0.25) is 4.79 Å². The number of sulfonamides is 1. The van der Waals surface area contributed by atoms with E-state index in [-0.39, 0.29) is 53.2 Å². The molecule has 13 heteroatoms. The average Bonchev–Trinajstić information content (AvgIpc) is 3.37. The van der Waals surface area contributed by atoms with Crippen molar-refractivity contribution in [1.29, 1.82) is 0 Å². The van der Waals surface area contributed by atoms with Crippen LogP contribution >= 0.6 is 0 Å². The van der Waals surface area contributed by atoms with Gasteiger partial charge in [0.05, 0.1) is 35.1 Å². The van der Waals surface area contributed by atoms with Gasteiger partial charge in [0.15, 0.2) is 0 Å². The number of benzene rings is 2. The fourth-order valence-electron chi connectivity index (χ4n) is 6.87. The van der Waals surface area contributed by atoms with Crippen molar-refractivity contribution >= 4 is 33.1 Å². The van der Waals surface area contributed by atoms with E-state index >= 15 is 0 Å². The molecule has 51 heavy (non-hydrogen) atoms. The molecule has 1 fully saturated rings. The van der Waals surface area contributed by atoms with Crippen LogP contribution in [0.25, 0.3) is 22.5 Å². The van der Waals surface area contributed by atoms with Crippen LogP contribution in [0, 0.1) is 19.8 Å². The predicted octanol–water partition coefficient (Wildman–Crippen LogP) is 6.83. The smallest absolute Gasteiger partial charge is 0.264 e. The van der Waals surface area contributed by atoms with Crippen LogP contribution in [0.4, 0.5) is 5.95 Å². The topological polar surface area (TPSA) is 150 Å². The summed E-state index contributed by atoms with van der Waals surface area (Å²) in [6.45, 7) is 9.59. The number of ether oxygens (including phenoxy) is 2. The van der Waals surface area contributed by atoms with Crippen molar-refractivity contribution in [2.45, 2.75) is 76.8 Å². The highest BCUT2D eigenvalue weighted by Gasteiger charge is 2.31. The Hall–Kier alpha value is -4.88. The third-order valence-electron chi connectivity index (χ3n) is 9.57. The maximum atomic E-state index is 14.6. The number of fused-ring (bicyclic) bond motifs is 5. The predicted molar refractivity (Wildman–Crippen MR) is 192 cm³/mol. The highest BCUT2D eigenvalue weighted by molar-refractivity contribution is 7.92. The van der Waals surface area contributed by atoms with Crippen molar-refractivity contribution in [2.75, 3.05) is 24.5 Å². The highest BCUT2D eigenvalue weighted by atomic mass is 32.2. The van der Waals surface area contributed by atoms with Crippen molar-refractivity contribution in [1.82, 2.24) is 24.8 Å². The van der Waals surface area contributed by atoms with Crippen LogP contribution in [0.1, 0.15) is 78.4 Å². The Kier molecular flexibility index (Phi) is 9.75. The van der Waals surface area contributed by atoms with Gasteiger partial charge in [0.1, 0.15) is 17.9 Å². The third-order valence-corrected chi connectivity index (χ3v) is 10.9. The SMILES string of the molecule is Cc1cccc(C)c1-c1cc2nc(n1)NS(=O)(=O)c1cccc(c1)C(=O)N(Cc1cnc3oc(C(C)C)cc3n1)[C@H](CC1CCCOCC1)CO2. The monoisotopic (exact) mass is 710 g/mol. The first-order valence-electron chi connectivity index (χ1n) is 17.4. The van der Waals surface area contributed by atoms with Gasteiger partial charge in [0.25, 0.3) is 15.9 Å². The Labute approximate surface area is 297 Å². The number of aromatic nitrogens is 4. The molecule has 0 spiro atoms. The molecule has 2 aliphatic rings. The standard InChI is InChI=1S/C38H42N6O6S/c1-23(2)33-18-32-36(50-33)39-20-28(40-32)21-44-29(16-26-10-7-14-48-15-13-26)22-49-34-19-31(35-24(3)8-5-9-25(35)4)41-38(42-34)43-51(46,47)30-12-6-11-27(17-30)37(44)45/h5-6,8-9,11-12,17-20,23,26,29H,7,10,13-16,21-22H2,1-4H3,(H,41,42,43)/t26?,29-/m1/s1. The largest absolute Gasteiger partial charge is 0.475 e. The molecule has 4 bridgehead atoms. The first-order valence-corrected chi connectivity index (χ1v) is 18.9. The number of carbonyl (C=O) groups is 1. The second-order valence-corrected chi connectivity index (χ2v) is 15.4. The molecule has 5 aromatic rings. The summed E-state index contributed by atoms with van der Waals surface area (Å²) in [6.07, 6.45) is 4.98. The maximum absolute atomic E-state index is 14.6. The fourth-order valence-corrected chi connectivity index (χ4v) is 7.86.